The van der Waals surface area contributed by atoms with Gasteiger partial charge in [0.05, 0.1) is 18.1 Å². The number of aromatic hydroxyl groups is 1. The molecule has 4 atom stereocenters. The van der Waals surface area contributed by atoms with Gasteiger partial charge in [-0.25, -0.2) is 4.79 Å². The second-order valence-corrected chi connectivity index (χ2v) is 6.16. The molecule has 0 heterocycles. The van der Waals surface area contributed by atoms with Gasteiger partial charge in [-0.15, -0.1) is 0 Å². The summed E-state index contributed by atoms with van der Waals surface area (Å²) >= 11 is 0. The second-order valence-electron chi connectivity index (χ2n) is 6.16. The number of aliphatic hydroxyl groups excluding tert-OH is 2. The molecule has 0 amide bonds. The van der Waals surface area contributed by atoms with E-state index in [0.29, 0.717) is 5.56 Å². The molecule has 8 heteroatoms. The molecule has 0 unspecified atom stereocenters. The third-order valence-corrected chi connectivity index (χ3v) is 4.00. The lowest BCUT2D eigenvalue weighted by atomic mass is 9.77. The lowest BCUT2D eigenvalue weighted by Gasteiger charge is -2.40. The van der Waals surface area contributed by atoms with Crippen LogP contribution in [-0.2, 0) is 14.3 Å². The first-order chi connectivity index (χ1) is 11.7. The average molecular weight is 352 g/mol. The van der Waals surface area contributed by atoms with Crippen LogP contribution in [-0.4, -0.2) is 61.4 Å². The summed E-state index contributed by atoms with van der Waals surface area (Å²) in [5.74, 6) is -2.00. The second kappa shape index (κ2) is 7.64. The van der Waals surface area contributed by atoms with E-state index in [1.807, 2.05) is 0 Å². The summed E-state index contributed by atoms with van der Waals surface area (Å²) in [5.41, 5.74) is -1.14. The highest BCUT2D eigenvalue weighted by atomic mass is 16.6. The number of aliphatic hydroxyl groups is 3. The lowest BCUT2D eigenvalue weighted by Crippen LogP contribution is -2.54. The fraction of sp³-hybridized carbons (Fsp3) is 0.412. The van der Waals surface area contributed by atoms with Gasteiger partial charge >= 0.3 is 11.9 Å². The Kier molecular flexibility index (Phi) is 5.78. The molecule has 1 aliphatic rings. The third-order valence-electron chi connectivity index (χ3n) is 4.00. The van der Waals surface area contributed by atoms with Gasteiger partial charge in [0.2, 0.25) is 0 Å². The van der Waals surface area contributed by atoms with E-state index in [-0.39, 0.29) is 18.6 Å². The minimum Gasteiger partial charge on any atom is -0.508 e. The normalized spacial score (nSPS) is 29.5. The number of esters is 1. The number of carboxylic acids is 1. The van der Waals surface area contributed by atoms with E-state index in [0.717, 1.165) is 6.08 Å². The Morgan fingerprint density at radius 2 is 1.84 bits per heavy atom. The first-order valence-electron chi connectivity index (χ1n) is 7.66. The van der Waals surface area contributed by atoms with Crippen molar-refractivity contribution in [2.75, 3.05) is 0 Å². The molecule has 0 spiro atoms. The predicted molar refractivity (Wildman–Crippen MR) is 85.5 cm³/mol. The highest BCUT2D eigenvalue weighted by molar-refractivity contribution is 5.87. The topological polar surface area (TPSA) is 145 Å². The number of aliphatic carboxylic acids is 1. The molecule has 5 N–H and O–H groups in total. The van der Waals surface area contributed by atoms with Crippen LogP contribution in [0.5, 0.6) is 5.75 Å². The minimum atomic E-state index is -1.77. The summed E-state index contributed by atoms with van der Waals surface area (Å²) < 4.78 is 5.06. The van der Waals surface area contributed by atoms with Crippen molar-refractivity contribution in [3.63, 3.8) is 0 Å². The van der Waals surface area contributed by atoms with Crippen LogP contribution in [0.25, 0.3) is 6.08 Å². The molecule has 0 saturated heterocycles. The van der Waals surface area contributed by atoms with Crippen molar-refractivity contribution in [3.05, 3.63) is 35.9 Å². The SMILES string of the molecule is O=C(O)C[C@]1(O)C[C@@H](O)[C@@H](O)[C@H](OC(=O)/C=C/c2ccc(O)cc2)C1. The summed E-state index contributed by atoms with van der Waals surface area (Å²) in [6, 6.07) is 6.03. The van der Waals surface area contributed by atoms with E-state index < -0.39 is 42.3 Å². The van der Waals surface area contributed by atoms with Gasteiger partial charge in [0, 0.05) is 18.9 Å². The number of phenols is 1. The Labute approximate surface area is 143 Å². The molecule has 1 aliphatic carbocycles. The monoisotopic (exact) mass is 352 g/mol. The van der Waals surface area contributed by atoms with Crippen molar-refractivity contribution in [1.29, 1.82) is 0 Å². The molecular formula is C17H20O8. The maximum Gasteiger partial charge on any atom is 0.331 e. The van der Waals surface area contributed by atoms with Crippen LogP contribution >= 0.6 is 0 Å². The van der Waals surface area contributed by atoms with Gasteiger partial charge in [0.25, 0.3) is 0 Å². The van der Waals surface area contributed by atoms with Gasteiger partial charge in [-0.3, -0.25) is 4.79 Å². The van der Waals surface area contributed by atoms with E-state index in [9.17, 15) is 30.0 Å². The standard InChI is InChI=1S/C17H20O8/c18-11-4-1-10(2-5-11)3-6-15(22)25-13-8-17(24,9-14(20)21)7-12(19)16(13)23/h1-6,12-13,16,18-19,23-24H,7-9H2,(H,20,21)/b6-3+/t12-,13-,16-,17+/m1/s1. The van der Waals surface area contributed by atoms with E-state index >= 15 is 0 Å². The number of hydrogen-bond acceptors (Lipinski definition) is 7. The zero-order valence-corrected chi connectivity index (χ0v) is 13.3. The first kappa shape index (κ1) is 18.9. The van der Waals surface area contributed by atoms with Crippen molar-refractivity contribution < 1.29 is 39.9 Å². The molecular weight excluding hydrogens is 332 g/mol. The van der Waals surface area contributed by atoms with Crippen molar-refractivity contribution in [1.82, 2.24) is 0 Å². The van der Waals surface area contributed by atoms with Crippen molar-refractivity contribution in [2.45, 2.75) is 43.2 Å². The molecule has 8 nitrogen and oxygen atoms in total. The van der Waals surface area contributed by atoms with E-state index in [4.69, 9.17) is 9.84 Å². The van der Waals surface area contributed by atoms with E-state index in [1.165, 1.54) is 18.2 Å². The Balaban J connectivity index is 2.02. The molecule has 0 radical (unpaired) electrons. The number of carbonyl (C=O) groups excluding carboxylic acids is 1. The predicted octanol–water partition coefficient (Wildman–Crippen LogP) is 0.0386. The van der Waals surface area contributed by atoms with E-state index in [1.54, 1.807) is 12.1 Å². The van der Waals surface area contributed by atoms with Crippen molar-refractivity contribution in [2.24, 2.45) is 0 Å². The van der Waals surface area contributed by atoms with Crippen LogP contribution in [0.1, 0.15) is 24.8 Å². The van der Waals surface area contributed by atoms with Crippen molar-refractivity contribution in [3.8, 4) is 5.75 Å². The van der Waals surface area contributed by atoms with Crippen LogP contribution < -0.4 is 0 Å². The average Bonchev–Trinajstić information content (AvgIpc) is 2.50. The molecule has 0 aromatic heterocycles. The van der Waals surface area contributed by atoms with Crippen LogP contribution in [0.3, 0.4) is 0 Å². The van der Waals surface area contributed by atoms with Gasteiger partial charge in [-0.1, -0.05) is 12.1 Å². The first-order valence-corrected chi connectivity index (χ1v) is 7.66. The molecule has 1 aromatic rings. The summed E-state index contributed by atoms with van der Waals surface area (Å²) in [6.45, 7) is 0. The number of hydrogen-bond donors (Lipinski definition) is 5. The fourth-order valence-corrected chi connectivity index (χ4v) is 2.81. The zero-order chi connectivity index (χ0) is 18.6. The van der Waals surface area contributed by atoms with Crippen LogP contribution in [0.15, 0.2) is 30.3 Å². The number of carboxylic acid groups (broad SMARTS) is 1. The largest absolute Gasteiger partial charge is 0.508 e. The molecule has 2 rings (SSSR count). The summed E-state index contributed by atoms with van der Waals surface area (Å²) in [4.78, 5) is 22.7. The Bertz CT molecular complexity index is 653. The number of benzene rings is 1. The van der Waals surface area contributed by atoms with Gasteiger partial charge in [0.1, 0.15) is 18.0 Å². The zero-order valence-electron chi connectivity index (χ0n) is 13.3. The maximum atomic E-state index is 11.9. The van der Waals surface area contributed by atoms with Crippen LogP contribution in [0, 0.1) is 0 Å². The Morgan fingerprint density at radius 3 is 2.44 bits per heavy atom. The van der Waals surface area contributed by atoms with Crippen LogP contribution in [0.2, 0.25) is 0 Å². The number of phenolic OH excluding ortho intramolecular Hbond substituents is 1. The molecule has 0 aliphatic heterocycles. The number of ether oxygens (including phenoxy) is 1. The quantitative estimate of drug-likeness (QED) is 0.369. The van der Waals surface area contributed by atoms with Gasteiger partial charge < -0.3 is 30.3 Å². The van der Waals surface area contributed by atoms with Gasteiger partial charge in [-0.05, 0) is 23.8 Å². The smallest absolute Gasteiger partial charge is 0.331 e. The molecule has 1 saturated carbocycles. The summed E-state index contributed by atoms with van der Waals surface area (Å²) in [5, 5.41) is 48.0. The molecule has 1 fully saturated rings. The number of carbonyl (C=O) groups is 2. The van der Waals surface area contributed by atoms with Gasteiger partial charge in [0.15, 0.2) is 0 Å². The molecule has 25 heavy (non-hydrogen) atoms. The molecule has 136 valence electrons. The van der Waals surface area contributed by atoms with Crippen molar-refractivity contribution >= 4 is 18.0 Å². The molecule has 0 bridgehead atoms. The summed E-state index contributed by atoms with van der Waals surface area (Å²) in [7, 11) is 0. The Morgan fingerprint density at radius 1 is 1.20 bits per heavy atom. The highest BCUT2D eigenvalue weighted by Gasteiger charge is 2.46. The summed E-state index contributed by atoms with van der Waals surface area (Å²) in [6.07, 6.45) is -2.78. The minimum absolute atomic E-state index is 0.0803. The van der Waals surface area contributed by atoms with Gasteiger partial charge in [-0.2, -0.15) is 0 Å². The highest BCUT2D eigenvalue weighted by Crippen LogP contribution is 2.33. The maximum absolute atomic E-state index is 11.9. The van der Waals surface area contributed by atoms with Crippen LogP contribution in [0.4, 0.5) is 0 Å². The Hall–Kier alpha value is -2.42. The van der Waals surface area contributed by atoms with E-state index in [2.05, 4.69) is 0 Å². The third kappa shape index (κ3) is 5.28. The number of rotatable bonds is 5. The fourth-order valence-electron chi connectivity index (χ4n) is 2.81. The lowest BCUT2D eigenvalue weighted by molar-refractivity contribution is -0.185. The molecule has 1 aromatic carbocycles.